The molecule has 18 heavy (non-hydrogen) atoms. The third-order valence-corrected chi connectivity index (χ3v) is 3.78. The van der Waals surface area contributed by atoms with E-state index in [4.69, 9.17) is 0 Å². The van der Waals surface area contributed by atoms with E-state index in [1.807, 2.05) is 45.9 Å². The fraction of sp³-hybridized carbons (Fsp3) is 0.357. The van der Waals surface area contributed by atoms with E-state index in [0.717, 1.165) is 11.3 Å². The summed E-state index contributed by atoms with van der Waals surface area (Å²) >= 11 is 1.18. The molecule has 94 valence electrons. The summed E-state index contributed by atoms with van der Waals surface area (Å²) in [5, 5.41) is 4.05. The maximum Gasteiger partial charge on any atom is 0.206 e. The Bertz CT molecular complexity index is 587. The molecule has 1 aromatic heterocycles. The summed E-state index contributed by atoms with van der Waals surface area (Å²) in [4.78, 5) is 13.1. The Balaban J connectivity index is 2.42. The highest BCUT2D eigenvalue weighted by Gasteiger charge is 2.20. The van der Waals surface area contributed by atoms with E-state index in [9.17, 15) is 4.79 Å². The van der Waals surface area contributed by atoms with Crippen LogP contribution in [-0.4, -0.2) is 15.4 Å². The fourth-order valence-electron chi connectivity index (χ4n) is 1.75. The number of ketones is 1. The lowest BCUT2D eigenvalue weighted by atomic mass is 10.0. The van der Waals surface area contributed by atoms with Gasteiger partial charge in [-0.1, -0.05) is 30.5 Å². The lowest BCUT2D eigenvalue weighted by molar-refractivity contribution is 0.104. The molecule has 0 fully saturated rings. The van der Waals surface area contributed by atoms with Crippen LogP contribution in [-0.2, 0) is 0 Å². The van der Waals surface area contributed by atoms with Gasteiger partial charge in [-0.25, -0.2) is 0 Å². The van der Waals surface area contributed by atoms with Crippen LogP contribution in [0.5, 0.6) is 0 Å². The average Bonchev–Trinajstić information content (AvgIpc) is 2.81. The number of rotatable bonds is 3. The molecule has 3 nitrogen and oxygen atoms in total. The van der Waals surface area contributed by atoms with E-state index in [1.165, 1.54) is 17.1 Å². The largest absolute Gasteiger partial charge is 0.288 e. The maximum atomic E-state index is 12.4. The minimum absolute atomic E-state index is 0.0248. The zero-order valence-corrected chi connectivity index (χ0v) is 11.8. The van der Waals surface area contributed by atoms with Crippen LogP contribution in [0.3, 0.4) is 0 Å². The second-order valence-corrected chi connectivity index (χ2v) is 5.52. The van der Waals surface area contributed by atoms with Gasteiger partial charge in [-0.05, 0) is 48.5 Å². The van der Waals surface area contributed by atoms with Crippen LogP contribution < -0.4 is 0 Å². The standard InChI is InChI=1S/C14H16N2OS/c1-8(2)12-14(18-16-15-12)13(17)11-6-5-9(3)10(4)7-11/h5-8H,1-4H3. The molecule has 2 rings (SSSR count). The number of aryl methyl sites for hydroxylation is 2. The van der Waals surface area contributed by atoms with Crippen molar-refractivity contribution in [2.24, 2.45) is 0 Å². The van der Waals surface area contributed by atoms with Crippen molar-refractivity contribution in [1.82, 2.24) is 9.59 Å². The number of nitrogens with zero attached hydrogens (tertiary/aromatic N) is 2. The Kier molecular flexibility index (Phi) is 3.57. The summed E-state index contributed by atoms with van der Waals surface area (Å²) in [6.45, 7) is 8.10. The normalized spacial score (nSPS) is 10.9. The van der Waals surface area contributed by atoms with E-state index in [0.29, 0.717) is 10.4 Å². The monoisotopic (exact) mass is 260 g/mol. The third-order valence-electron chi connectivity index (χ3n) is 3.04. The zero-order chi connectivity index (χ0) is 13.3. The quantitative estimate of drug-likeness (QED) is 0.793. The van der Waals surface area contributed by atoms with Crippen molar-refractivity contribution in [3.8, 4) is 0 Å². The predicted octanol–water partition coefficient (Wildman–Crippen LogP) is 3.51. The number of benzene rings is 1. The van der Waals surface area contributed by atoms with Gasteiger partial charge in [-0.15, -0.1) is 5.10 Å². The predicted molar refractivity (Wildman–Crippen MR) is 73.3 cm³/mol. The third kappa shape index (κ3) is 2.34. The highest BCUT2D eigenvalue weighted by atomic mass is 32.1. The molecule has 0 aliphatic rings. The zero-order valence-electron chi connectivity index (χ0n) is 11.0. The smallest absolute Gasteiger partial charge is 0.206 e. The lowest BCUT2D eigenvalue weighted by Gasteiger charge is -2.05. The Morgan fingerprint density at radius 3 is 2.56 bits per heavy atom. The summed E-state index contributed by atoms with van der Waals surface area (Å²) in [5.74, 6) is 0.242. The summed E-state index contributed by atoms with van der Waals surface area (Å²) in [6.07, 6.45) is 0. The van der Waals surface area contributed by atoms with Crippen LogP contribution >= 0.6 is 11.5 Å². The molecule has 0 aliphatic carbocycles. The molecule has 0 saturated carbocycles. The molecule has 0 radical (unpaired) electrons. The number of hydrogen-bond donors (Lipinski definition) is 0. The molecule has 2 aromatic rings. The SMILES string of the molecule is Cc1ccc(C(=O)c2snnc2C(C)C)cc1C. The van der Waals surface area contributed by atoms with Gasteiger partial charge in [0.15, 0.2) is 0 Å². The van der Waals surface area contributed by atoms with Crippen molar-refractivity contribution in [1.29, 1.82) is 0 Å². The number of hydrogen-bond acceptors (Lipinski definition) is 4. The van der Waals surface area contributed by atoms with Gasteiger partial charge in [-0.2, -0.15) is 0 Å². The first kappa shape index (κ1) is 12.9. The molecule has 4 heteroatoms. The van der Waals surface area contributed by atoms with Crippen LogP contribution in [0.1, 0.15) is 51.8 Å². The molecule has 1 heterocycles. The maximum absolute atomic E-state index is 12.4. The molecule has 1 aromatic carbocycles. The van der Waals surface area contributed by atoms with E-state index in [1.54, 1.807) is 0 Å². The van der Waals surface area contributed by atoms with Gasteiger partial charge in [0.2, 0.25) is 5.78 Å². The Morgan fingerprint density at radius 1 is 1.22 bits per heavy atom. The summed E-state index contributed by atoms with van der Waals surface area (Å²) in [7, 11) is 0. The van der Waals surface area contributed by atoms with Crippen molar-refractivity contribution in [2.75, 3.05) is 0 Å². The summed E-state index contributed by atoms with van der Waals surface area (Å²) in [6, 6.07) is 5.78. The van der Waals surface area contributed by atoms with E-state index in [2.05, 4.69) is 9.59 Å². The molecule has 0 atom stereocenters. The molecule has 0 aliphatic heterocycles. The van der Waals surface area contributed by atoms with Crippen LogP contribution in [0.15, 0.2) is 18.2 Å². The minimum atomic E-state index is 0.0248. The molecule has 0 spiro atoms. The van der Waals surface area contributed by atoms with Crippen LogP contribution in [0.25, 0.3) is 0 Å². The fourth-order valence-corrected chi connectivity index (χ4v) is 2.53. The van der Waals surface area contributed by atoms with Crippen molar-refractivity contribution in [3.05, 3.63) is 45.5 Å². The van der Waals surface area contributed by atoms with Gasteiger partial charge in [0.1, 0.15) is 4.88 Å². The van der Waals surface area contributed by atoms with Gasteiger partial charge < -0.3 is 0 Å². The van der Waals surface area contributed by atoms with E-state index in [-0.39, 0.29) is 11.7 Å². The van der Waals surface area contributed by atoms with E-state index < -0.39 is 0 Å². The van der Waals surface area contributed by atoms with Crippen LogP contribution in [0.4, 0.5) is 0 Å². The Labute approximate surface area is 111 Å². The van der Waals surface area contributed by atoms with Gasteiger partial charge in [0.25, 0.3) is 0 Å². The highest BCUT2D eigenvalue weighted by Crippen LogP contribution is 2.23. The Hall–Kier alpha value is -1.55. The van der Waals surface area contributed by atoms with Crippen LogP contribution in [0.2, 0.25) is 0 Å². The first-order valence-electron chi connectivity index (χ1n) is 5.95. The number of carbonyl (C=O) groups is 1. The lowest BCUT2D eigenvalue weighted by Crippen LogP contribution is -2.04. The van der Waals surface area contributed by atoms with Gasteiger partial charge in [0, 0.05) is 5.56 Å². The second-order valence-electron chi connectivity index (χ2n) is 4.77. The van der Waals surface area contributed by atoms with Crippen molar-refractivity contribution < 1.29 is 4.79 Å². The van der Waals surface area contributed by atoms with Gasteiger partial charge >= 0.3 is 0 Å². The van der Waals surface area contributed by atoms with Gasteiger partial charge in [-0.3, -0.25) is 4.79 Å². The highest BCUT2D eigenvalue weighted by molar-refractivity contribution is 7.08. The molecule has 0 bridgehead atoms. The first-order valence-corrected chi connectivity index (χ1v) is 6.72. The average molecular weight is 260 g/mol. The molecule has 0 amide bonds. The van der Waals surface area contributed by atoms with Crippen molar-refractivity contribution >= 4 is 17.3 Å². The summed E-state index contributed by atoms with van der Waals surface area (Å²) < 4.78 is 3.90. The van der Waals surface area contributed by atoms with Crippen LogP contribution in [0, 0.1) is 13.8 Å². The van der Waals surface area contributed by atoms with Crippen molar-refractivity contribution in [2.45, 2.75) is 33.6 Å². The number of aromatic nitrogens is 2. The second kappa shape index (κ2) is 4.98. The van der Waals surface area contributed by atoms with E-state index >= 15 is 0 Å². The first-order chi connectivity index (χ1) is 8.50. The number of carbonyl (C=O) groups excluding carboxylic acids is 1. The molecule has 0 N–H and O–H groups in total. The van der Waals surface area contributed by atoms with Gasteiger partial charge in [0.05, 0.1) is 5.69 Å². The Morgan fingerprint density at radius 2 is 1.94 bits per heavy atom. The molecular weight excluding hydrogens is 244 g/mol. The van der Waals surface area contributed by atoms with Crippen molar-refractivity contribution in [3.63, 3.8) is 0 Å². The molecule has 0 saturated heterocycles. The summed E-state index contributed by atoms with van der Waals surface area (Å²) in [5.41, 5.74) is 3.83. The minimum Gasteiger partial charge on any atom is -0.288 e. The molecular formula is C14H16N2OS. The topological polar surface area (TPSA) is 42.9 Å². The molecule has 0 unspecified atom stereocenters.